The van der Waals surface area contributed by atoms with Gasteiger partial charge in [0, 0.05) is 12.6 Å². The Balaban J connectivity index is 2.15. The van der Waals surface area contributed by atoms with Crippen LogP contribution in [0.15, 0.2) is 30.4 Å². The number of hydrogen-bond acceptors (Lipinski definition) is 3. The first-order valence-corrected chi connectivity index (χ1v) is 7.14. The van der Waals surface area contributed by atoms with Gasteiger partial charge >= 0.3 is 5.97 Å². The summed E-state index contributed by atoms with van der Waals surface area (Å²) in [6.07, 6.45) is 4.16. The molecule has 1 aliphatic carbocycles. The Bertz CT molecular complexity index is 672. The van der Waals surface area contributed by atoms with Gasteiger partial charge in [0.25, 0.3) is 0 Å². The van der Waals surface area contributed by atoms with Gasteiger partial charge in [-0.25, -0.2) is 4.39 Å². The predicted molar refractivity (Wildman–Crippen MR) is 82.3 cm³/mol. The fraction of sp³-hybridized carbons (Fsp3) is 0.312. The molecule has 0 aliphatic heterocycles. The molecule has 3 N–H and O–H groups in total. The number of allylic oxidation sites excluding steroid dienone is 2. The minimum absolute atomic E-state index is 0.0476. The van der Waals surface area contributed by atoms with E-state index < -0.39 is 35.4 Å². The van der Waals surface area contributed by atoms with Crippen LogP contribution in [0.1, 0.15) is 19.8 Å². The van der Waals surface area contributed by atoms with Crippen molar-refractivity contribution in [2.75, 3.05) is 10.6 Å². The number of anilines is 2. The second-order valence-electron chi connectivity index (χ2n) is 5.36. The molecule has 6 nitrogen and oxygen atoms in total. The Labute approximate surface area is 132 Å². The van der Waals surface area contributed by atoms with Crippen molar-refractivity contribution >= 4 is 29.2 Å². The van der Waals surface area contributed by atoms with Crippen molar-refractivity contribution in [3.63, 3.8) is 0 Å². The van der Waals surface area contributed by atoms with Gasteiger partial charge in [0.05, 0.1) is 17.5 Å². The number of aliphatic carboxylic acids is 1. The molecule has 2 rings (SSSR count). The lowest BCUT2D eigenvalue weighted by Gasteiger charge is -2.24. The van der Waals surface area contributed by atoms with Gasteiger partial charge in [-0.05, 0) is 31.0 Å². The summed E-state index contributed by atoms with van der Waals surface area (Å²) in [5.41, 5.74) is 0.243. The summed E-state index contributed by atoms with van der Waals surface area (Å²) >= 11 is 0. The Morgan fingerprint density at radius 2 is 1.78 bits per heavy atom. The van der Waals surface area contributed by atoms with E-state index >= 15 is 0 Å². The van der Waals surface area contributed by atoms with Gasteiger partial charge < -0.3 is 15.7 Å². The van der Waals surface area contributed by atoms with E-state index in [-0.39, 0.29) is 5.69 Å². The largest absolute Gasteiger partial charge is 0.481 e. The monoisotopic (exact) mass is 320 g/mol. The van der Waals surface area contributed by atoms with Crippen molar-refractivity contribution in [2.24, 2.45) is 11.8 Å². The van der Waals surface area contributed by atoms with E-state index in [2.05, 4.69) is 10.6 Å². The first-order chi connectivity index (χ1) is 10.9. The lowest BCUT2D eigenvalue weighted by Crippen LogP contribution is -2.34. The summed E-state index contributed by atoms with van der Waals surface area (Å²) in [6, 6.07) is 3.77. The summed E-state index contributed by atoms with van der Waals surface area (Å²) in [5, 5.41) is 14.1. The van der Waals surface area contributed by atoms with E-state index in [1.165, 1.54) is 19.1 Å². The van der Waals surface area contributed by atoms with Crippen molar-refractivity contribution in [1.29, 1.82) is 0 Å². The van der Waals surface area contributed by atoms with Crippen molar-refractivity contribution in [3.8, 4) is 0 Å². The molecular formula is C16H17FN2O4. The summed E-state index contributed by atoms with van der Waals surface area (Å²) in [6.45, 7) is 1.25. The molecule has 0 bridgehead atoms. The number of carboxylic acid groups (broad SMARTS) is 1. The number of halogens is 1. The molecule has 0 radical (unpaired) electrons. The van der Waals surface area contributed by atoms with E-state index in [0.29, 0.717) is 18.5 Å². The van der Waals surface area contributed by atoms with E-state index in [4.69, 9.17) is 0 Å². The van der Waals surface area contributed by atoms with Crippen LogP contribution >= 0.6 is 0 Å². The second-order valence-corrected chi connectivity index (χ2v) is 5.36. The average molecular weight is 320 g/mol. The number of carboxylic acids is 1. The van der Waals surface area contributed by atoms with Crippen LogP contribution < -0.4 is 10.6 Å². The number of rotatable bonds is 4. The van der Waals surface area contributed by atoms with E-state index in [0.717, 1.165) is 6.07 Å². The summed E-state index contributed by atoms with van der Waals surface area (Å²) in [5.74, 6) is -3.99. The third kappa shape index (κ3) is 4.15. The van der Waals surface area contributed by atoms with Gasteiger partial charge in [-0.2, -0.15) is 0 Å². The van der Waals surface area contributed by atoms with Gasteiger partial charge in [0.1, 0.15) is 5.82 Å². The van der Waals surface area contributed by atoms with Crippen LogP contribution in [0.5, 0.6) is 0 Å². The van der Waals surface area contributed by atoms with Crippen LogP contribution in [0.25, 0.3) is 0 Å². The van der Waals surface area contributed by atoms with E-state index in [1.54, 1.807) is 12.2 Å². The maximum atomic E-state index is 13.6. The van der Waals surface area contributed by atoms with Crippen LogP contribution in [-0.2, 0) is 14.4 Å². The maximum Gasteiger partial charge on any atom is 0.307 e. The molecule has 7 heteroatoms. The third-order valence-corrected chi connectivity index (χ3v) is 3.63. The highest BCUT2D eigenvalue weighted by Crippen LogP contribution is 2.28. The number of amides is 2. The third-order valence-electron chi connectivity index (χ3n) is 3.63. The van der Waals surface area contributed by atoms with Crippen LogP contribution in [-0.4, -0.2) is 22.9 Å². The van der Waals surface area contributed by atoms with Gasteiger partial charge in [0.2, 0.25) is 11.8 Å². The summed E-state index contributed by atoms with van der Waals surface area (Å²) in [4.78, 5) is 34.6. The van der Waals surface area contributed by atoms with E-state index in [9.17, 15) is 23.9 Å². The van der Waals surface area contributed by atoms with Crippen LogP contribution in [0.2, 0.25) is 0 Å². The smallest absolute Gasteiger partial charge is 0.307 e. The van der Waals surface area contributed by atoms with E-state index in [1.807, 2.05) is 0 Å². The molecule has 0 aromatic heterocycles. The van der Waals surface area contributed by atoms with Crippen molar-refractivity contribution in [2.45, 2.75) is 19.8 Å². The lowest BCUT2D eigenvalue weighted by molar-refractivity contribution is -0.146. The van der Waals surface area contributed by atoms with Crippen molar-refractivity contribution in [3.05, 3.63) is 36.2 Å². The molecule has 0 saturated carbocycles. The standard InChI is InChI=1S/C16H17FN2O4/c1-9(20)18-14-8-10(6-7-13(14)17)19-15(21)11-4-2-3-5-12(11)16(22)23/h2-3,6-8,11-12H,4-5H2,1H3,(H,18,20)(H,19,21)(H,22,23)/t11-,12+/m1/s1. The molecule has 0 fully saturated rings. The van der Waals surface area contributed by atoms with Gasteiger partial charge in [-0.1, -0.05) is 12.2 Å². The first-order valence-electron chi connectivity index (χ1n) is 7.14. The number of hydrogen-bond donors (Lipinski definition) is 3. The highest BCUT2D eigenvalue weighted by molar-refractivity contribution is 5.96. The van der Waals surface area contributed by atoms with Crippen LogP contribution in [0.3, 0.4) is 0 Å². The second kappa shape index (κ2) is 7.04. The molecule has 2 amide bonds. The molecule has 1 aromatic carbocycles. The normalized spacial score (nSPS) is 19.9. The molecule has 0 heterocycles. The number of carbonyl (C=O) groups excluding carboxylic acids is 2. The minimum Gasteiger partial charge on any atom is -0.481 e. The molecule has 23 heavy (non-hydrogen) atoms. The zero-order valence-electron chi connectivity index (χ0n) is 12.5. The van der Waals surface area contributed by atoms with Gasteiger partial charge in [-0.15, -0.1) is 0 Å². The zero-order chi connectivity index (χ0) is 17.0. The Morgan fingerprint density at radius 3 is 2.39 bits per heavy atom. The zero-order valence-corrected chi connectivity index (χ0v) is 12.5. The Morgan fingerprint density at radius 1 is 1.13 bits per heavy atom. The molecule has 122 valence electrons. The highest BCUT2D eigenvalue weighted by Gasteiger charge is 2.33. The lowest BCUT2D eigenvalue weighted by atomic mass is 9.82. The summed E-state index contributed by atoms with van der Waals surface area (Å²) < 4.78 is 13.6. The highest BCUT2D eigenvalue weighted by atomic mass is 19.1. The molecule has 0 unspecified atom stereocenters. The van der Waals surface area contributed by atoms with Crippen molar-refractivity contribution < 1.29 is 23.9 Å². The number of carbonyl (C=O) groups is 3. The van der Waals surface area contributed by atoms with Crippen molar-refractivity contribution in [1.82, 2.24) is 0 Å². The molecular weight excluding hydrogens is 303 g/mol. The molecule has 1 aliphatic rings. The molecule has 2 atom stereocenters. The Kier molecular flexibility index (Phi) is 5.10. The molecule has 0 saturated heterocycles. The molecule has 0 spiro atoms. The fourth-order valence-electron chi connectivity index (χ4n) is 2.50. The topological polar surface area (TPSA) is 95.5 Å². The maximum absolute atomic E-state index is 13.6. The van der Waals surface area contributed by atoms with Crippen LogP contribution in [0.4, 0.5) is 15.8 Å². The van der Waals surface area contributed by atoms with Crippen LogP contribution in [0, 0.1) is 17.7 Å². The molecule has 1 aromatic rings. The number of benzene rings is 1. The first kappa shape index (κ1) is 16.7. The van der Waals surface area contributed by atoms with Gasteiger partial charge in [0.15, 0.2) is 0 Å². The predicted octanol–water partition coefficient (Wildman–Crippen LogP) is 2.39. The van der Waals surface area contributed by atoms with Gasteiger partial charge in [-0.3, -0.25) is 14.4 Å². The quantitative estimate of drug-likeness (QED) is 0.742. The average Bonchev–Trinajstić information content (AvgIpc) is 2.50. The number of nitrogens with one attached hydrogen (secondary N) is 2. The SMILES string of the molecule is CC(=O)Nc1cc(NC(=O)[C@@H]2CC=CC[C@@H]2C(=O)O)ccc1F. The Hall–Kier alpha value is -2.70. The minimum atomic E-state index is -1.02. The fourth-order valence-corrected chi connectivity index (χ4v) is 2.50. The summed E-state index contributed by atoms with van der Waals surface area (Å²) in [7, 11) is 0.